The van der Waals surface area contributed by atoms with Gasteiger partial charge in [0.05, 0.1) is 10.9 Å². The molecule has 3 rings (SSSR count). The fourth-order valence-electron chi connectivity index (χ4n) is 3.49. The molecule has 4 heteroatoms. The first-order valence-electron chi connectivity index (χ1n) is 8.47. The molecule has 128 valence electrons. The topological polar surface area (TPSA) is 37.4 Å². The van der Waals surface area contributed by atoms with Crippen molar-refractivity contribution < 1.29 is 8.42 Å². The number of aryl methyl sites for hydroxylation is 4. The molecule has 1 aliphatic rings. The Bertz CT molecular complexity index is 854. The van der Waals surface area contributed by atoms with Gasteiger partial charge in [-0.1, -0.05) is 35.9 Å². The Morgan fingerprint density at radius 3 is 2.21 bits per heavy atom. The Morgan fingerprint density at radius 2 is 1.54 bits per heavy atom. The smallest absolute Gasteiger partial charge is 0.207 e. The maximum Gasteiger partial charge on any atom is 0.243 e. The summed E-state index contributed by atoms with van der Waals surface area (Å²) in [5.74, 6) is 0. The molecule has 0 saturated carbocycles. The number of nitrogens with zero attached hydrogens (tertiary/aromatic N) is 1. The van der Waals surface area contributed by atoms with Crippen LogP contribution in [0, 0.1) is 27.7 Å². The van der Waals surface area contributed by atoms with Gasteiger partial charge in [-0.3, -0.25) is 0 Å². The highest BCUT2D eigenvalue weighted by molar-refractivity contribution is 7.89. The van der Waals surface area contributed by atoms with Crippen LogP contribution < -0.4 is 0 Å². The minimum Gasteiger partial charge on any atom is -0.207 e. The van der Waals surface area contributed by atoms with E-state index >= 15 is 0 Å². The summed E-state index contributed by atoms with van der Waals surface area (Å²) in [7, 11) is -3.48. The van der Waals surface area contributed by atoms with Gasteiger partial charge >= 0.3 is 0 Å². The second-order valence-electron chi connectivity index (χ2n) is 6.89. The van der Waals surface area contributed by atoms with E-state index in [1.807, 2.05) is 39.8 Å². The number of hydrogen-bond acceptors (Lipinski definition) is 2. The van der Waals surface area contributed by atoms with Crippen molar-refractivity contribution >= 4 is 10.0 Å². The molecule has 2 aromatic carbocycles. The zero-order chi connectivity index (χ0) is 17.5. The summed E-state index contributed by atoms with van der Waals surface area (Å²) in [6.07, 6.45) is 1.79. The maximum absolute atomic E-state index is 13.3. The van der Waals surface area contributed by atoms with Crippen molar-refractivity contribution in [2.45, 2.75) is 51.5 Å². The van der Waals surface area contributed by atoms with Crippen molar-refractivity contribution in [3.05, 3.63) is 64.2 Å². The van der Waals surface area contributed by atoms with Crippen LogP contribution in [0.25, 0.3) is 0 Å². The molecule has 2 aromatic rings. The van der Waals surface area contributed by atoms with Crippen LogP contribution >= 0.6 is 0 Å². The van der Waals surface area contributed by atoms with E-state index in [4.69, 9.17) is 0 Å². The van der Waals surface area contributed by atoms with E-state index in [-0.39, 0.29) is 6.04 Å². The van der Waals surface area contributed by atoms with Crippen LogP contribution in [0.15, 0.2) is 41.3 Å². The van der Waals surface area contributed by atoms with Gasteiger partial charge in [0.1, 0.15) is 0 Å². The van der Waals surface area contributed by atoms with E-state index in [1.54, 1.807) is 4.31 Å². The Hall–Kier alpha value is -1.65. The first-order chi connectivity index (χ1) is 11.3. The van der Waals surface area contributed by atoms with Gasteiger partial charge < -0.3 is 0 Å². The first-order valence-corrected chi connectivity index (χ1v) is 9.91. The van der Waals surface area contributed by atoms with E-state index < -0.39 is 10.0 Å². The summed E-state index contributed by atoms with van der Waals surface area (Å²) in [5.41, 5.74) is 5.25. The van der Waals surface area contributed by atoms with Gasteiger partial charge in [0.25, 0.3) is 0 Å². The average molecular weight is 343 g/mol. The average Bonchev–Trinajstić information content (AvgIpc) is 3.02. The molecule has 0 aromatic heterocycles. The molecule has 0 unspecified atom stereocenters. The van der Waals surface area contributed by atoms with E-state index in [2.05, 4.69) is 24.3 Å². The highest BCUT2D eigenvalue weighted by Gasteiger charge is 2.36. The van der Waals surface area contributed by atoms with Crippen molar-refractivity contribution in [1.29, 1.82) is 0 Å². The van der Waals surface area contributed by atoms with E-state index in [0.717, 1.165) is 35.1 Å². The third-order valence-corrected chi connectivity index (χ3v) is 7.09. The van der Waals surface area contributed by atoms with Crippen molar-refractivity contribution in [2.75, 3.05) is 6.54 Å². The standard InChI is InChI=1S/C20H25NO2S/c1-14-7-9-18(10-8-14)19-6-5-11-21(19)24(22,23)20-13-16(3)15(2)12-17(20)4/h7-10,12-13,19H,5-6,11H2,1-4H3/t19-/m0/s1. The molecule has 0 aliphatic carbocycles. The molecule has 0 amide bonds. The van der Waals surface area contributed by atoms with Gasteiger partial charge in [0.15, 0.2) is 0 Å². The highest BCUT2D eigenvalue weighted by atomic mass is 32.2. The highest BCUT2D eigenvalue weighted by Crippen LogP contribution is 2.37. The van der Waals surface area contributed by atoms with E-state index in [0.29, 0.717) is 11.4 Å². The van der Waals surface area contributed by atoms with Crippen LogP contribution in [0.5, 0.6) is 0 Å². The predicted octanol–water partition coefficient (Wildman–Crippen LogP) is 4.45. The van der Waals surface area contributed by atoms with Crippen LogP contribution in [0.4, 0.5) is 0 Å². The third-order valence-electron chi connectivity index (χ3n) is 5.04. The zero-order valence-corrected chi connectivity index (χ0v) is 15.7. The molecule has 0 bridgehead atoms. The maximum atomic E-state index is 13.3. The van der Waals surface area contributed by atoms with Crippen molar-refractivity contribution in [2.24, 2.45) is 0 Å². The lowest BCUT2D eigenvalue weighted by Gasteiger charge is -2.25. The van der Waals surface area contributed by atoms with Crippen molar-refractivity contribution in [3.8, 4) is 0 Å². The number of hydrogen-bond donors (Lipinski definition) is 0. The SMILES string of the molecule is Cc1ccc([C@@H]2CCCN2S(=O)(=O)c2cc(C)c(C)cc2C)cc1. The Balaban J connectivity index is 2.02. The van der Waals surface area contributed by atoms with Gasteiger partial charge in [0, 0.05) is 6.54 Å². The lowest BCUT2D eigenvalue weighted by Crippen LogP contribution is -2.31. The summed E-state index contributed by atoms with van der Waals surface area (Å²) in [4.78, 5) is 0.449. The molecule has 1 saturated heterocycles. The Labute approximate surface area is 145 Å². The van der Waals surface area contributed by atoms with Gasteiger partial charge in [-0.25, -0.2) is 8.42 Å². The summed E-state index contributed by atoms with van der Waals surface area (Å²) >= 11 is 0. The number of rotatable bonds is 3. The molecular weight excluding hydrogens is 318 g/mol. The van der Waals surface area contributed by atoms with Gasteiger partial charge in [-0.2, -0.15) is 4.31 Å². The fraction of sp³-hybridized carbons (Fsp3) is 0.400. The van der Waals surface area contributed by atoms with Crippen LogP contribution in [0.3, 0.4) is 0 Å². The number of benzene rings is 2. The monoisotopic (exact) mass is 343 g/mol. The molecular formula is C20H25NO2S. The first kappa shape index (κ1) is 17.2. The van der Waals surface area contributed by atoms with E-state index in [9.17, 15) is 8.42 Å². The normalized spacial score (nSPS) is 18.9. The molecule has 1 aliphatic heterocycles. The van der Waals surface area contributed by atoms with Crippen molar-refractivity contribution in [1.82, 2.24) is 4.31 Å². The molecule has 24 heavy (non-hydrogen) atoms. The van der Waals surface area contributed by atoms with Gasteiger partial charge in [-0.15, -0.1) is 0 Å². The minimum atomic E-state index is -3.48. The lowest BCUT2D eigenvalue weighted by molar-refractivity contribution is 0.396. The fourth-order valence-corrected chi connectivity index (χ4v) is 5.46. The molecule has 0 radical (unpaired) electrons. The Kier molecular flexibility index (Phi) is 4.54. The summed E-state index contributed by atoms with van der Waals surface area (Å²) in [5, 5.41) is 0. The minimum absolute atomic E-state index is 0.0587. The summed E-state index contributed by atoms with van der Waals surface area (Å²) in [6.45, 7) is 8.51. The Morgan fingerprint density at radius 1 is 0.917 bits per heavy atom. The quantitative estimate of drug-likeness (QED) is 0.826. The van der Waals surface area contributed by atoms with E-state index in [1.165, 1.54) is 5.56 Å². The molecule has 1 heterocycles. The zero-order valence-electron chi connectivity index (χ0n) is 14.8. The second kappa shape index (κ2) is 6.34. The molecule has 0 spiro atoms. The largest absolute Gasteiger partial charge is 0.243 e. The number of sulfonamides is 1. The van der Waals surface area contributed by atoms with Gasteiger partial charge in [0.2, 0.25) is 10.0 Å². The molecule has 1 atom stereocenters. The van der Waals surface area contributed by atoms with Crippen LogP contribution in [-0.4, -0.2) is 19.3 Å². The summed E-state index contributed by atoms with van der Waals surface area (Å²) in [6, 6.07) is 12.0. The molecule has 1 fully saturated rings. The van der Waals surface area contributed by atoms with Crippen molar-refractivity contribution in [3.63, 3.8) is 0 Å². The third kappa shape index (κ3) is 3.01. The second-order valence-corrected chi connectivity index (χ2v) is 8.75. The van der Waals surface area contributed by atoms with Crippen LogP contribution in [0.2, 0.25) is 0 Å². The van der Waals surface area contributed by atoms with Gasteiger partial charge in [-0.05, 0) is 68.9 Å². The lowest BCUT2D eigenvalue weighted by atomic mass is 10.0. The predicted molar refractivity (Wildman–Crippen MR) is 97.7 cm³/mol. The molecule has 3 nitrogen and oxygen atoms in total. The molecule has 0 N–H and O–H groups in total. The summed E-state index contributed by atoms with van der Waals surface area (Å²) < 4.78 is 28.3. The van der Waals surface area contributed by atoms with Crippen LogP contribution in [0.1, 0.15) is 46.7 Å². The van der Waals surface area contributed by atoms with Crippen LogP contribution in [-0.2, 0) is 10.0 Å².